The molecule has 3 atom stereocenters. The molecule has 2 fully saturated rings. The first kappa shape index (κ1) is 18.0. The highest BCUT2D eigenvalue weighted by atomic mass is 16.2. The summed E-state index contributed by atoms with van der Waals surface area (Å²) >= 11 is 0. The van der Waals surface area contributed by atoms with Crippen LogP contribution < -0.4 is 16.0 Å². The van der Waals surface area contributed by atoms with Gasteiger partial charge < -0.3 is 20.9 Å². The van der Waals surface area contributed by atoms with E-state index in [9.17, 15) is 14.4 Å². The smallest absolute Gasteiger partial charge is 0.319 e. The summed E-state index contributed by atoms with van der Waals surface area (Å²) in [5, 5.41) is 8.47. The number of nitrogens with zero attached hydrogens (tertiary/aromatic N) is 1. The van der Waals surface area contributed by atoms with Crippen molar-refractivity contribution in [1.29, 1.82) is 0 Å². The molecule has 0 aliphatic carbocycles. The van der Waals surface area contributed by atoms with Gasteiger partial charge in [0, 0.05) is 18.7 Å². The van der Waals surface area contributed by atoms with Crippen LogP contribution in [-0.2, 0) is 16.0 Å². The van der Waals surface area contributed by atoms with Crippen LogP contribution >= 0.6 is 0 Å². The van der Waals surface area contributed by atoms with Crippen LogP contribution in [-0.4, -0.2) is 47.4 Å². The number of carbonyl (C=O) groups excluding carboxylic acids is 3. The molecule has 0 aromatic heterocycles. The Morgan fingerprint density at radius 1 is 1.04 bits per heavy atom. The van der Waals surface area contributed by atoms with Crippen molar-refractivity contribution in [2.75, 3.05) is 11.9 Å². The second-order valence-electron chi connectivity index (χ2n) is 7.15. The lowest BCUT2D eigenvalue weighted by Gasteiger charge is -2.34. The van der Waals surface area contributed by atoms with Crippen molar-refractivity contribution in [1.82, 2.24) is 15.5 Å². The molecular formula is C21H22N4O3. The maximum absolute atomic E-state index is 12.9. The largest absolute Gasteiger partial charge is 0.342 e. The van der Waals surface area contributed by atoms with Crippen molar-refractivity contribution in [2.45, 2.75) is 31.0 Å². The third-order valence-corrected chi connectivity index (χ3v) is 5.15. The SMILES string of the molecule is O=C(Nc1ccccc1)N[C@H]1C[C@H]2C(=O)N[C@@H](Cc3ccccc3)C(=O)N2C1. The summed E-state index contributed by atoms with van der Waals surface area (Å²) in [6.07, 6.45) is 0.874. The minimum Gasteiger partial charge on any atom is -0.342 e. The Hall–Kier alpha value is -3.35. The second kappa shape index (κ2) is 7.72. The van der Waals surface area contributed by atoms with E-state index in [1.54, 1.807) is 17.0 Å². The second-order valence-corrected chi connectivity index (χ2v) is 7.15. The zero-order chi connectivity index (χ0) is 19.5. The first-order valence-electron chi connectivity index (χ1n) is 9.37. The summed E-state index contributed by atoms with van der Waals surface area (Å²) in [6.45, 7) is 0.338. The standard InChI is InChI=1S/C21H22N4O3/c26-19-18-12-16(23-21(28)22-15-9-5-2-6-10-15)13-25(18)20(27)17(24-19)11-14-7-3-1-4-8-14/h1-10,16-18H,11-13H2,(H,24,26)(H2,22,23,28)/t16-,17-,18-/m0/s1. The average Bonchev–Trinajstić information content (AvgIpc) is 3.12. The van der Waals surface area contributed by atoms with Crippen molar-refractivity contribution in [2.24, 2.45) is 0 Å². The molecule has 2 aliphatic heterocycles. The maximum Gasteiger partial charge on any atom is 0.319 e. The highest BCUT2D eigenvalue weighted by molar-refractivity contribution is 5.98. The first-order chi connectivity index (χ1) is 13.6. The first-order valence-corrected chi connectivity index (χ1v) is 9.37. The number of carbonyl (C=O) groups is 3. The Bertz CT molecular complexity index is 872. The van der Waals surface area contributed by atoms with Gasteiger partial charge in [0.15, 0.2) is 0 Å². The number of urea groups is 1. The van der Waals surface area contributed by atoms with Crippen LogP contribution in [0.25, 0.3) is 0 Å². The van der Waals surface area contributed by atoms with Gasteiger partial charge in [-0.1, -0.05) is 48.5 Å². The molecule has 0 bridgehead atoms. The maximum atomic E-state index is 12.9. The number of para-hydroxylation sites is 1. The van der Waals surface area contributed by atoms with E-state index in [4.69, 9.17) is 0 Å². The number of hydrogen-bond acceptors (Lipinski definition) is 3. The Morgan fingerprint density at radius 2 is 1.71 bits per heavy atom. The van der Waals surface area contributed by atoms with Gasteiger partial charge >= 0.3 is 6.03 Å². The van der Waals surface area contributed by atoms with Gasteiger partial charge in [0.2, 0.25) is 11.8 Å². The van der Waals surface area contributed by atoms with E-state index < -0.39 is 12.1 Å². The number of piperazine rings is 1. The molecule has 0 unspecified atom stereocenters. The van der Waals surface area contributed by atoms with Crippen LogP contribution in [0.4, 0.5) is 10.5 Å². The molecule has 2 aliphatic rings. The van der Waals surface area contributed by atoms with E-state index in [1.807, 2.05) is 48.5 Å². The predicted molar refractivity (Wildman–Crippen MR) is 105 cm³/mol. The number of anilines is 1. The fourth-order valence-corrected chi connectivity index (χ4v) is 3.82. The van der Waals surface area contributed by atoms with Gasteiger partial charge in [-0.2, -0.15) is 0 Å². The Kier molecular flexibility index (Phi) is 4.97. The van der Waals surface area contributed by atoms with Gasteiger partial charge in [0.05, 0.1) is 6.04 Å². The monoisotopic (exact) mass is 378 g/mol. The molecule has 4 amide bonds. The van der Waals surface area contributed by atoms with Crippen molar-refractivity contribution in [3.8, 4) is 0 Å². The van der Waals surface area contributed by atoms with Crippen LogP contribution in [0.5, 0.6) is 0 Å². The van der Waals surface area contributed by atoms with Crippen LogP contribution in [0.2, 0.25) is 0 Å². The summed E-state index contributed by atoms with van der Waals surface area (Å²) in [5.41, 5.74) is 1.68. The number of benzene rings is 2. The van der Waals surface area contributed by atoms with Gasteiger partial charge in [-0.25, -0.2) is 4.79 Å². The van der Waals surface area contributed by atoms with Gasteiger partial charge in [-0.05, 0) is 24.1 Å². The predicted octanol–water partition coefficient (Wildman–Crippen LogP) is 1.52. The van der Waals surface area contributed by atoms with Gasteiger partial charge in [0.25, 0.3) is 0 Å². The van der Waals surface area contributed by atoms with Crippen molar-refractivity contribution >= 4 is 23.5 Å². The number of amides is 4. The molecule has 28 heavy (non-hydrogen) atoms. The molecule has 4 rings (SSSR count). The van der Waals surface area contributed by atoms with Crippen molar-refractivity contribution < 1.29 is 14.4 Å². The quantitative estimate of drug-likeness (QED) is 0.753. The lowest BCUT2D eigenvalue weighted by atomic mass is 10.0. The molecule has 2 aromatic carbocycles. The van der Waals surface area contributed by atoms with Crippen molar-refractivity contribution in [3.63, 3.8) is 0 Å². The number of rotatable bonds is 4. The fourth-order valence-electron chi connectivity index (χ4n) is 3.82. The molecule has 2 heterocycles. The van der Waals surface area contributed by atoms with Crippen LogP contribution in [0.1, 0.15) is 12.0 Å². The lowest BCUT2D eigenvalue weighted by molar-refractivity contribution is -0.147. The number of hydrogen-bond donors (Lipinski definition) is 3. The van der Waals surface area contributed by atoms with E-state index in [2.05, 4.69) is 16.0 Å². The van der Waals surface area contributed by atoms with Gasteiger partial charge in [0.1, 0.15) is 12.1 Å². The fraction of sp³-hybridized carbons (Fsp3) is 0.286. The lowest BCUT2D eigenvalue weighted by Crippen LogP contribution is -2.61. The summed E-state index contributed by atoms with van der Waals surface area (Å²) in [5.74, 6) is -0.255. The van der Waals surface area contributed by atoms with Crippen LogP contribution in [0.15, 0.2) is 60.7 Å². The van der Waals surface area contributed by atoms with Crippen LogP contribution in [0.3, 0.4) is 0 Å². The third kappa shape index (κ3) is 3.83. The van der Waals surface area contributed by atoms with E-state index >= 15 is 0 Å². The van der Waals surface area contributed by atoms with E-state index in [0.717, 1.165) is 5.56 Å². The molecule has 7 nitrogen and oxygen atoms in total. The summed E-state index contributed by atoms with van der Waals surface area (Å²) in [7, 11) is 0. The van der Waals surface area contributed by atoms with Gasteiger partial charge in [-0.3, -0.25) is 9.59 Å². The molecule has 3 N–H and O–H groups in total. The average molecular weight is 378 g/mol. The topological polar surface area (TPSA) is 90.5 Å². The van der Waals surface area contributed by atoms with E-state index in [-0.39, 0.29) is 23.9 Å². The number of fused-ring (bicyclic) bond motifs is 1. The third-order valence-electron chi connectivity index (χ3n) is 5.15. The molecular weight excluding hydrogens is 356 g/mol. The van der Waals surface area contributed by atoms with Gasteiger partial charge in [-0.15, -0.1) is 0 Å². The molecule has 144 valence electrons. The van der Waals surface area contributed by atoms with Crippen molar-refractivity contribution in [3.05, 3.63) is 66.2 Å². The highest BCUT2D eigenvalue weighted by Crippen LogP contribution is 2.24. The summed E-state index contributed by atoms with van der Waals surface area (Å²) < 4.78 is 0. The minimum atomic E-state index is -0.567. The Balaban J connectivity index is 1.38. The normalized spacial score (nSPS) is 23.7. The minimum absolute atomic E-state index is 0.0961. The molecule has 2 aromatic rings. The summed E-state index contributed by atoms with van der Waals surface area (Å²) in [6, 6.07) is 17.0. The summed E-state index contributed by atoms with van der Waals surface area (Å²) in [4.78, 5) is 39.2. The Morgan fingerprint density at radius 3 is 2.43 bits per heavy atom. The Labute approximate surface area is 163 Å². The highest BCUT2D eigenvalue weighted by Gasteiger charge is 2.46. The zero-order valence-electron chi connectivity index (χ0n) is 15.3. The molecule has 2 saturated heterocycles. The zero-order valence-corrected chi connectivity index (χ0v) is 15.3. The van der Waals surface area contributed by atoms with E-state index in [1.165, 1.54) is 0 Å². The molecule has 0 spiro atoms. The molecule has 7 heteroatoms. The van der Waals surface area contributed by atoms with Crippen LogP contribution in [0, 0.1) is 0 Å². The molecule has 0 saturated carbocycles. The number of nitrogens with one attached hydrogen (secondary N) is 3. The molecule has 0 radical (unpaired) electrons. The van der Waals surface area contributed by atoms with E-state index in [0.29, 0.717) is 25.1 Å².